The maximum absolute atomic E-state index is 12.0. The number of esters is 1. The lowest BCUT2D eigenvalue weighted by Gasteiger charge is -2.11. The maximum atomic E-state index is 12.0. The summed E-state index contributed by atoms with van der Waals surface area (Å²) >= 11 is 0. The molecule has 0 fully saturated rings. The van der Waals surface area contributed by atoms with Gasteiger partial charge in [0.1, 0.15) is 11.5 Å². The molecule has 0 bridgehead atoms. The Morgan fingerprint density at radius 2 is 2.00 bits per heavy atom. The van der Waals surface area contributed by atoms with Crippen molar-refractivity contribution in [3.8, 4) is 0 Å². The summed E-state index contributed by atoms with van der Waals surface area (Å²) in [5, 5.41) is 0. The van der Waals surface area contributed by atoms with Crippen molar-refractivity contribution in [2.24, 2.45) is 5.92 Å². The number of nitrogens with zero attached hydrogens (tertiary/aromatic N) is 2. The lowest BCUT2D eigenvalue weighted by Crippen LogP contribution is -2.10. The quantitative estimate of drug-likeness (QED) is 0.471. The van der Waals surface area contributed by atoms with E-state index in [1.807, 2.05) is 16.7 Å². The zero-order valence-corrected chi connectivity index (χ0v) is 15.9. The second-order valence-electron chi connectivity index (χ2n) is 6.92. The number of imidazole rings is 1. The minimum Gasteiger partial charge on any atom is -0.462 e. The normalized spacial score (nSPS) is 10.9. The maximum Gasteiger partial charge on any atom is 0.338 e. The van der Waals surface area contributed by atoms with Crippen LogP contribution in [-0.2, 0) is 17.7 Å². The SMILES string of the molecule is CCCCc1ncc(C=O)n1Cc1ccc(C(=O)OCCC(C)C)cc1. The van der Waals surface area contributed by atoms with Crippen molar-refractivity contribution in [1.29, 1.82) is 0 Å². The van der Waals surface area contributed by atoms with Crippen molar-refractivity contribution < 1.29 is 14.3 Å². The molecule has 0 aliphatic heterocycles. The summed E-state index contributed by atoms with van der Waals surface area (Å²) < 4.78 is 7.23. The number of carbonyl (C=O) groups is 2. The van der Waals surface area contributed by atoms with Crippen molar-refractivity contribution in [2.45, 2.75) is 53.0 Å². The van der Waals surface area contributed by atoms with Gasteiger partial charge < -0.3 is 9.30 Å². The molecule has 0 atom stereocenters. The molecule has 1 aromatic carbocycles. The average molecular weight is 356 g/mol. The molecule has 5 heteroatoms. The third kappa shape index (κ3) is 5.55. The van der Waals surface area contributed by atoms with Crippen LogP contribution in [0.4, 0.5) is 0 Å². The summed E-state index contributed by atoms with van der Waals surface area (Å²) in [4.78, 5) is 27.7. The Kier molecular flexibility index (Phi) is 7.57. The van der Waals surface area contributed by atoms with Gasteiger partial charge in [0.05, 0.1) is 18.4 Å². The predicted octanol–water partition coefficient (Wildman–Crippen LogP) is 4.29. The summed E-state index contributed by atoms with van der Waals surface area (Å²) in [6.07, 6.45) is 6.29. The Morgan fingerprint density at radius 3 is 2.62 bits per heavy atom. The van der Waals surface area contributed by atoms with E-state index in [0.29, 0.717) is 30.3 Å². The van der Waals surface area contributed by atoms with E-state index in [-0.39, 0.29) is 5.97 Å². The van der Waals surface area contributed by atoms with Crippen molar-refractivity contribution in [1.82, 2.24) is 9.55 Å². The highest BCUT2D eigenvalue weighted by Crippen LogP contribution is 2.13. The number of rotatable bonds is 10. The number of hydrogen-bond acceptors (Lipinski definition) is 4. The summed E-state index contributed by atoms with van der Waals surface area (Å²) in [5.74, 6) is 1.14. The third-order valence-electron chi connectivity index (χ3n) is 4.30. The molecule has 0 aliphatic rings. The number of aromatic nitrogens is 2. The molecule has 0 spiro atoms. The van der Waals surface area contributed by atoms with Gasteiger partial charge in [-0.3, -0.25) is 4.79 Å². The zero-order valence-electron chi connectivity index (χ0n) is 15.9. The lowest BCUT2D eigenvalue weighted by atomic mass is 10.1. The van der Waals surface area contributed by atoms with Crippen LogP contribution < -0.4 is 0 Å². The van der Waals surface area contributed by atoms with Gasteiger partial charge in [0, 0.05) is 13.0 Å². The van der Waals surface area contributed by atoms with E-state index in [4.69, 9.17) is 4.74 Å². The highest BCUT2D eigenvalue weighted by Gasteiger charge is 2.11. The molecule has 1 aromatic heterocycles. The largest absolute Gasteiger partial charge is 0.462 e. The average Bonchev–Trinajstić information content (AvgIpc) is 3.01. The van der Waals surface area contributed by atoms with Gasteiger partial charge in [0.25, 0.3) is 0 Å². The molecule has 0 aliphatic carbocycles. The molecule has 5 nitrogen and oxygen atoms in total. The van der Waals surface area contributed by atoms with Crippen molar-refractivity contribution in [3.63, 3.8) is 0 Å². The Hall–Kier alpha value is -2.43. The van der Waals surface area contributed by atoms with E-state index in [0.717, 1.165) is 43.4 Å². The van der Waals surface area contributed by atoms with Gasteiger partial charge in [-0.05, 0) is 36.5 Å². The van der Waals surface area contributed by atoms with Gasteiger partial charge in [-0.15, -0.1) is 0 Å². The second kappa shape index (κ2) is 9.90. The monoisotopic (exact) mass is 356 g/mol. The van der Waals surface area contributed by atoms with E-state index < -0.39 is 0 Å². The smallest absolute Gasteiger partial charge is 0.338 e. The van der Waals surface area contributed by atoms with Crippen molar-refractivity contribution in [2.75, 3.05) is 6.61 Å². The number of ether oxygens (including phenoxy) is 1. The van der Waals surface area contributed by atoms with Crippen molar-refractivity contribution >= 4 is 12.3 Å². The summed E-state index contributed by atoms with van der Waals surface area (Å²) in [6.45, 7) is 7.33. The van der Waals surface area contributed by atoms with Gasteiger partial charge in [0.15, 0.2) is 6.29 Å². The number of benzene rings is 1. The van der Waals surface area contributed by atoms with Crippen LogP contribution in [-0.4, -0.2) is 28.4 Å². The number of aryl methyl sites for hydroxylation is 1. The minimum atomic E-state index is -0.294. The number of carbonyl (C=O) groups excluding carboxylic acids is 2. The Balaban J connectivity index is 2.04. The van der Waals surface area contributed by atoms with Crippen LogP contribution in [0.1, 0.15) is 72.3 Å². The zero-order chi connectivity index (χ0) is 18.9. The first-order chi connectivity index (χ1) is 12.5. The Bertz CT molecular complexity index is 717. The van der Waals surface area contributed by atoms with Crippen LogP contribution >= 0.6 is 0 Å². The van der Waals surface area contributed by atoms with E-state index >= 15 is 0 Å². The molecule has 2 aromatic rings. The summed E-state index contributed by atoms with van der Waals surface area (Å²) in [5.41, 5.74) is 2.14. The second-order valence-corrected chi connectivity index (χ2v) is 6.92. The van der Waals surface area contributed by atoms with Gasteiger partial charge in [0.2, 0.25) is 0 Å². The summed E-state index contributed by atoms with van der Waals surface area (Å²) in [7, 11) is 0. The van der Waals surface area contributed by atoms with E-state index in [2.05, 4.69) is 25.8 Å². The van der Waals surface area contributed by atoms with E-state index in [1.54, 1.807) is 18.3 Å². The Morgan fingerprint density at radius 1 is 1.27 bits per heavy atom. The standard InChI is InChI=1S/C21H28N2O3/c1-4-5-6-20-22-13-19(15-24)23(20)14-17-7-9-18(10-8-17)21(25)26-12-11-16(2)3/h7-10,13,15-16H,4-6,11-12,14H2,1-3H3. The third-order valence-corrected chi connectivity index (χ3v) is 4.30. The molecule has 0 N–H and O–H groups in total. The fraction of sp³-hybridized carbons (Fsp3) is 0.476. The molecule has 2 rings (SSSR count). The fourth-order valence-corrected chi connectivity index (χ4v) is 2.64. The minimum absolute atomic E-state index is 0.294. The summed E-state index contributed by atoms with van der Waals surface area (Å²) in [6, 6.07) is 7.35. The number of aldehydes is 1. The van der Waals surface area contributed by atoms with E-state index in [9.17, 15) is 9.59 Å². The molecule has 140 valence electrons. The van der Waals surface area contributed by atoms with Gasteiger partial charge in [-0.1, -0.05) is 39.3 Å². The Labute approximate surface area is 155 Å². The topological polar surface area (TPSA) is 61.2 Å². The molecule has 0 saturated heterocycles. The molecule has 0 saturated carbocycles. The predicted molar refractivity (Wildman–Crippen MR) is 102 cm³/mol. The molecule has 0 unspecified atom stereocenters. The van der Waals surface area contributed by atoms with Crippen LogP contribution in [0.2, 0.25) is 0 Å². The first-order valence-corrected chi connectivity index (χ1v) is 9.30. The van der Waals surface area contributed by atoms with E-state index in [1.165, 1.54) is 0 Å². The van der Waals surface area contributed by atoms with Crippen LogP contribution in [0.3, 0.4) is 0 Å². The van der Waals surface area contributed by atoms with Gasteiger partial charge in [-0.2, -0.15) is 0 Å². The van der Waals surface area contributed by atoms with Gasteiger partial charge in [-0.25, -0.2) is 9.78 Å². The highest BCUT2D eigenvalue weighted by atomic mass is 16.5. The molecule has 1 heterocycles. The van der Waals surface area contributed by atoms with Crippen molar-refractivity contribution in [3.05, 3.63) is 53.1 Å². The lowest BCUT2D eigenvalue weighted by molar-refractivity contribution is 0.0488. The molecule has 0 radical (unpaired) electrons. The van der Waals surface area contributed by atoms with Crippen LogP contribution in [0.15, 0.2) is 30.5 Å². The van der Waals surface area contributed by atoms with Crippen LogP contribution in [0.25, 0.3) is 0 Å². The number of unbranched alkanes of at least 4 members (excludes halogenated alkanes) is 1. The fourth-order valence-electron chi connectivity index (χ4n) is 2.64. The highest BCUT2D eigenvalue weighted by molar-refractivity contribution is 5.89. The van der Waals surface area contributed by atoms with Crippen LogP contribution in [0.5, 0.6) is 0 Å². The first-order valence-electron chi connectivity index (χ1n) is 9.30. The molecular formula is C21H28N2O3. The first kappa shape index (κ1) is 19.9. The molecular weight excluding hydrogens is 328 g/mol. The molecule has 0 amide bonds. The van der Waals surface area contributed by atoms with Gasteiger partial charge >= 0.3 is 5.97 Å². The number of hydrogen-bond donors (Lipinski definition) is 0. The van der Waals surface area contributed by atoms with Crippen LogP contribution in [0, 0.1) is 5.92 Å². The molecule has 26 heavy (non-hydrogen) atoms.